The highest BCUT2D eigenvalue weighted by Gasteiger charge is 2.73. The number of fused-ring (bicyclic) bond motifs is 4. The van der Waals surface area contributed by atoms with Gasteiger partial charge in [-0.3, -0.25) is 9.59 Å². The Morgan fingerprint density at radius 1 is 1.29 bits per heavy atom. The summed E-state index contributed by atoms with van der Waals surface area (Å²) in [6.07, 6.45) is -1.00. The average molecular weight is 490 g/mol. The molecule has 1 aromatic carbocycles. The second-order valence-electron chi connectivity index (χ2n) is 8.71. The summed E-state index contributed by atoms with van der Waals surface area (Å²) < 4.78 is 34.0. The number of primary amides is 1. The predicted octanol–water partition coefficient (Wildman–Crippen LogP) is -0.828. The Kier molecular flexibility index (Phi) is 4.95. The highest BCUT2D eigenvalue weighted by atomic mass is 32.2. The maximum Gasteiger partial charge on any atom is 0.404 e. The van der Waals surface area contributed by atoms with E-state index < -0.39 is 39.5 Å². The molecule has 34 heavy (non-hydrogen) atoms. The first-order chi connectivity index (χ1) is 16.0. The van der Waals surface area contributed by atoms with Crippen LogP contribution in [0.1, 0.15) is 6.92 Å². The quantitative estimate of drug-likeness (QED) is 0.443. The van der Waals surface area contributed by atoms with Crippen molar-refractivity contribution in [2.45, 2.75) is 29.6 Å². The third-order valence-corrected chi connectivity index (χ3v) is 7.88. The zero-order valence-electron chi connectivity index (χ0n) is 18.3. The molecule has 3 aliphatic heterocycles. The van der Waals surface area contributed by atoms with Crippen LogP contribution in [-0.4, -0.2) is 74.8 Å². The standard InChI is InChI=1S/C21H23N5O7S/c1-9-15(24-10-3-5-11(6-4-10)34(23,30)31)18(28)14-12(8-33-20(22)29)21(32-2)19-13(25-19)7-26(21)16(14)17(9)27/h3-6,9,12-13,19,25H,7-8H2,1-2H3,(H2,22,29)(H2,23,30,31). The van der Waals surface area contributed by atoms with Crippen molar-refractivity contribution < 1.29 is 32.3 Å². The lowest BCUT2D eigenvalue weighted by molar-refractivity contribution is -0.138. The van der Waals surface area contributed by atoms with Crippen LogP contribution >= 0.6 is 0 Å². The summed E-state index contributed by atoms with van der Waals surface area (Å²) >= 11 is 0. The van der Waals surface area contributed by atoms with Gasteiger partial charge in [0, 0.05) is 25.3 Å². The van der Waals surface area contributed by atoms with Crippen LogP contribution in [0, 0.1) is 11.8 Å². The second kappa shape index (κ2) is 7.43. The molecule has 5 N–H and O–H groups in total. The van der Waals surface area contributed by atoms with Gasteiger partial charge in [-0.15, -0.1) is 0 Å². The number of carbonyl (C=O) groups is 3. The third kappa shape index (κ3) is 3.11. The van der Waals surface area contributed by atoms with Gasteiger partial charge in [0.25, 0.3) is 0 Å². The van der Waals surface area contributed by atoms with Gasteiger partial charge in [-0.1, -0.05) is 0 Å². The Bertz CT molecular complexity index is 1290. The number of allylic oxidation sites excluding steroid dienone is 1. The fourth-order valence-corrected chi connectivity index (χ4v) is 5.89. The number of nitrogens with one attached hydrogen (secondary N) is 1. The van der Waals surface area contributed by atoms with Gasteiger partial charge in [0.15, 0.2) is 11.5 Å². The topological polar surface area (TPSA) is 193 Å². The number of aliphatic imine (C=N–C) groups is 1. The van der Waals surface area contributed by atoms with E-state index in [0.717, 1.165) is 0 Å². The van der Waals surface area contributed by atoms with Crippen molar-refractivity contribution in [1.82, 2.24) is 10.2 Å². The zero-order valence-corrected chi connectivity index (χ0v) is 19.2. The number of nitrogens with zero attached hydrogens (tertiary/aromatic N) is 2. The molecule has 0 aromatic heterocycles. The summed E-state index contributed by atoms with van der Waals surface area (Å²) in [6.45, 7) is 1.82. The van der Waals surface area contributed by atoms with Gasteiger partial charge in [-0.25, -0.2) is 23.3 Å². The Labute approximate surface area is 195 Å². The molecule has 13 heteroatoms. The van der Waals surface area contributed by atoms with Gasteiger partial charge in [-0.2, -0.15) is 0 Å². The third-order valence-electron chi connectivity index (χ3n) is 6.95. The number of carbonyl (C=O) groups excluding carboxylic acids is 3. The molecule has 3 heterocycles. The zero-order chi connectivity index (χ0) is 24.6. The second-order valence-corrected chi connectivity index (χ2v) is 10.3. The summed E-state index contributed by atoms with van der Waals surface area (Å²) in [5.74, 6) is -2.36. The van der Waals surface area contributed by atoms with Gasteiger partial charge >= 0.3 is 6.09 Å². The van der Waals surface area contributed by atoms with Crippen molar-refractivity contribution in [1.29, 1.82) is 0 Å². The van der Waals surface area contributed by atoms with E-state index in [0.29, 0.717) is 6.54 Å². The van der Waals surface area contributed by atoms with Gasteiger partial charge in [0.1, 0.15) is 6.61 Å². The van der Waals surface area contributed by atoms with Crippen LogP contribution in [0.15, 0.2) is 45.4 Å². The lowest BCUT2D eigenvalue weighted by Gasteiger charge is -2.39. The van der Waals surface area contributed by atoms with E-state index in [2.05, 4.69) is 10.3 Å². The first-order valence-corrected chi connectivity index (χ1v) is 12.1. The highest BCUT2D eigenvalue weighted by molar-refractivity contribution is 7.89. The number of benzene rings is 1. The minimum Gasteiger partial charge on any atom is -0.449 e. The van der Waals surface area contributed by atoms with E-state index in [4.69, 9.17) is 20.3 Å². The Balaban J connectivity index is 1.58. The molecular weight excluding hydrogens is 466 g/mol. The molecule has 180 valence electrons. The van der Waals surface area contributed by atoms with Crippen LogP contribution in [0.3, 0.4) is 0 Å². The van der Waals surface area contributed by atoms with Crippen molar-refractivity contribution in [3.8, 4) is 0 Å². The molecule has 1 amide bonds. The average Bonchev–Trinajstić information content (AvgIpc) is 3.39. The number of piperazine rings is 1. The van der Waals surface area contributed by atoms with Crippen LogP contribution in [0.25, 0.3) is 0 Å². The van der Waals surface area contributed by atoms with E-state index in [1.807, 2.05) is 0 Å². The van der Waals surface area contributed by atoms with E-state index in [9.17, 15) is 22.8 Å². The number of hydrogen-bond acceptors (Lipinski definition) is 10. The SMILES string of the molecule is COC12C(COC(N)=O)C3=C(C(=O)C(C)C(=Nc4ccc(S(N)(=O)=O)cc4)C3=O)N1CC1NC12. The highest BCUT2D eigenvalue weighted by Crippen LogP contribution is 2.55. The molecule has 0 bridgehead atoms. The first kappa shape index (κ1) is 22.7. The van der Waals surface area contributed by atoms with Gasteiger partial charge in [0.05, 0.1) is 39.9 Å². The molecule has 0 spiro atoms. The van der Waals surface area contributed by atoms with Crippen LogP contribution in [0.5, 0.6) is 0 Å². The lowest BCUT2D eigenvalue weighted by atomic mass is 9.78. The van der Waals surface area contributed by atoms with Gasteiger partial charge < -0.3 is 25.4 Å². The lowest BCUT2D eigenvalue weighted by Crippen LogP contribution is -2.55. The largest absolute Gasteiger partial charge is 0.449 e. The fraction of sp³-hybridized carbons (Fsp3) is 0.429. The number of methoxy groups -OCH3 is 1. The molecule has 0 saturated carbocycles. The number of sulfonamides is 1. The van der Waals surface area contributed by atoms with Crippen LogP contribution in [-0.2, 0) is 29.1 Å². The molecule has 4 aliphatic rings. The van der Waals surface area contributed by atoms with Crippen LogP contribution in [0.2, 0.25) is 0 Å². The van der Waals surface area contributed by atoms with Gasteiger partial charge in [0.2, 0.25) is 15.8 Å². The maximum atomic E-state index is 13.7. The molecule has 0 radical (unpaired) electrons. The Morgan fingerprint density at radius 2 is 1.97 bits per heavy atom. The minimum atomic E-state index is -3.89. The van der Waals surface area contributed by atoms with Gasteiger partial charge in [-0.05, 0) is 31.2 Å². The number of Topliss-reactive ketones (excluding diaryl/α,β-unsaturated/α-hetero) is 2. The number of amides is 1. The molecule has 2 saturated heterocycles. The maximum absolute atomic E-state index is 13.7. The number of ether oxygens (including phenoxy) is 2. The summed E-state index contributed by atoms with van der Waals surface area (Å²) in [7, 11) is -2.40. The smallest absolute Gasteiger partial charge is 0.404 e. The first-order valence-electron chi connectivity index (χ1n) is 10.6. The molecule has 2 fully saturated rings. The van der Waals surface area contributed by atoms with Crippen molar-refractivity contribution >= 4 is 39.1 Å². The Hall–Kier alpha value is -3.13. The van der Waals surface area contributed by atoms with Crippen LogP contribution < -0.4 is 16.2 Å². The predicted molar refractivity (Wildman–Crippen MR) is 117 cm³/mol. The van der Waals surface area contributed by atoms with E-state index in [-0.39, 0.29) is 52.0 Å². The van der Waals surface area contributed by atoms with Crippen molar-refractivity contribution in [2.24, 2.45) is 27.7 Å². The van der Waals surface area contributed by atoms with E-state index in [1.165, 1.54) is 31.4 Å². The van der Waals surface area contributed by atoms with Crippen molar-refractivity contribution in [3.05, 3.63) is 35.5 Å². The van der Waals surface area contributed by atoms with Crippen molar-refractivity contribution in [2.75, 3.05) is 20.3 Å². The number of primary sulfonamides is 1. The number of hydrogen-bond donors (Lipinski definition) is 3. The van der Waals surface area contributed by atoms with E-state index >= 15 is 0 Å². The summed E-state index contributed by atoms with van der Waals surface area (Å²) in [5, 5.41) is 8.42. The molecule has 12 nitrogen and oxygen atoms in total. The molecule has 1 aliphatic carbocycles. The molecule has 5 rings (SSSR count). The molecule has 1 aromatic rings. The summed E-state index contributed by atoms with van der Waals surface area (Å²) in [4.78, 5) is 44.7. The summed E-state index contributed by atoms with van der Waals surface area (Å²) in [5.41, 5.74) is 4.85. The summed E-state index contributed by atoms with van der Waals surface area (Å²) in [6, 6.07) is 5.29. The normalized spacial score (nSPS) is 33.1. The van der Waals surface area contributed by atoms with E-state index in [1.54, 1.807) is 11.8 Å². The Morgan fingerprint density at radius 3 is 2.56 bits per heavy atom. The molecule has 5 atom stereocenters. The van der Waals surface area contributed by atoms with Crippen molar-refractivity contribution in [3.63, 3.8) is 0 Å². The monoisotopic (exact) mass is 489 g/mol. The molecule has 5 unspecified atom stereocenters. The molecular formula is C21H23N5O7S. The van der Waals surface area contributed by atoms with Crippen LogP contribution in [0.4, 0.5) is 10.5 Å². The number of ketones is 2. The fourth-order valence-electron chi connectivity index (χ4n) is 5.38. The number of nitrogens with two attached hydrogens (primary N) is 2. The minimum absolute atomic E-state index is 0.00362. The number of rotatable bonds is 5.